The van der Waals surface area contributed by atoms with Crippen molar-refractivity contribution in [2.24, 2.45) is 0 Å². The lowest BCUT2D eigenvalue weighted by molar-refractivity contribution is -0.116. The summed E-state index contributed by atoms with van der Waals surface area (Å²) in [5.74, 6) is -0.280. The standard InChI is InChI=1S/C12H13N5O2/c1-8-2-4-9(5-3-8)10(18)6-7-11(19)13-12-14-16-17-15-12/h2-5H,6-7H2,1H3,(H2,13,14,15,16,17,19). The van der Waals surface area contributed by atoms with Gasteiger partial charge >= 0.3 is 0 Å². The molecule has 98 valence electrons. The maximum absolute atomic E-state index is 11.8. The fourth-order valence-electron chi connectivity index (χ4n) is 1.51. The quantitative estimate of drug-likeness (QED) is 0.783. The van der Waals surface area contributed by atoms with Gasteiger partial charge in [0.1, 0.15) is 0 Å². The molecule has 0 saturated carbocycles. The Morgan fingerprint density at radius 1 is 1.21 bits per heavy atom. The van der Waals surface area contributed by atoms with Crippen molar-refractivity contribution in [3.63, 3.8) is 0 Å². The molecule has 2 rings (SSSR count). The maximum Gasteiger partial charge on any atom is 0.269 e. The molecular weight excluding hydrogens is 246 g/mol. The van der Waals surface area contributed by atoms with Crippen LogP contribution in [0.2, 0.25) is 0 Å². The Labute approximate surface area is 109 Å². The summed E-state index contributed by atoms with van der Waals surface area (Å²) in [6.45, 7) is 1.95. The number of aryl methyl sites for hydroxylation is 1. The van der Waals surface area contributed by atoms with E-state index in [1.165, 1.54) is 0 Å². The fraction of sp³-hybridized carbons (Fsp3) is 0.250. The van der Waals surface area contributed by atoms with E-state index >= 15 is 0 Å². The lowest BCUT2D eigenvalue weighted by Gasteiger charge is -2.02. The first kappa shape index (κ1) is 12.9. The molecule has 2 aromatic rings. The third kappa shape index (κ3) is 3.70. The number of amides is 1. The number of ketones is 1. The largest absolute Gasteiger partial charge is 0.294 e. The number of Topliss-reactive ketones (excluding diaryl/α,β-unsaturated/α-hetero) is 1. The summed E-state index contributed by atoms with van der Waals surface area (Å²) in [5.41, 5.74) is 1.70. The number of rotatable bonds is 5. The van der Waals surface area contributed by atoms with E-state index < -0.39 is 0 Å². The highest BCUT2D eigenvalue weighted by molar-refractivity contribution is 5.99. The third-order valence-electron chi connectivity index (χ3n) is 2.55. The Hall–Kier alpha value is -2.57. The van der Waals surface area contributed by atoms with Gasteiger partial charge in [-0.3, -0.25) is 14.9 Å². The number of carbonyl (C=O) groups is 2. The minimum Gasteiger partial charge on any atom is -0.294 e. The van der Waals surface area contributed by atoms with Crippen LogP contribution in [-0.2, 0) is 4.79 Å². The summed E-state index contributed by atoms with van der Waals surface area (Å²) >= 11 is 0. The Bertz CT molecular complexity index is 562. The molecule has 7 heteroatoms. The number of anilines is 1. The van der Waals surface area contributed by atoms with Crippen LogP contribution in [0.3, 0.4) is 0 Å². The van der Waals surface area contributed by atoms with E-state index in [0.717, 1.165) is 5.56 Å². The van der Waals surface area contributed by atoms with Crippen molar-refractivity contribution in [2.45, 2.75) is 19.8 Å². The molecule has 0 atom stereocenters. The average molecular weight is 259 g/mol. The smallest absolute Gasteiger partial charge is 0.269 e. The topological polar surface area (TPSA) is 101 Å². The number of hydrogen-bond acceptors (Lipinski definition) is 5. The van der Waals surface area contributed by atoms with Gasteiger partial charge in [-0.05, 0) is 12.1 Å². The summed E-state index contributed by atoms with van der Waals surface area (Å²) in [7, 11) is 0. The van der Waals surface area contributed by atoms with Crippen LogP contribution in [0.5, 0.6) is 0 Å². The lowest BCUT2D eigenvalue weighted by atomic mass is 10.1. The Balaban J connectivity index is 1.83. The first-order chi connectivity index (χ1) is 9.15. The second-order valence-corrected chi connectivity index (χ2v) is 4.07. The second kappa shape index (κ2) is 5.85. The summed E-state index contributed by atoms with van der Waals surface area (Å²) in [5, 5.41) is 15.1. The molecule has 0 bridgehead atoms. The molecule has 0 radical (unpaired) electrons. The molecule has 19 heavy (non-hydrogen) atoms. The van der Waals surface area contributed by atoms with Gasteiger partial charge < -0.3 is 0 Å². The van der Waals surface area contributed by atoms with Crippen molar-refractivity contribution in [1.29, 1.82) is 0 Å². The molecule has 0 saturated heterocycles. The minimum absolute atomic E-state index is 0.0664. The van der Waals surface area contributed by atoms with E-state index in [0.29, 0.717) is 5.56 Å². The number of carbonyl (C=O) groups excluding carboxylic acids is 2. The van der Waals surface area contributed by atoms with Gasteiger partial charge in [-0.15, -0.1) is 5.10 Å². The SMILES string of the molecule is Cc1ccc(C(=O)CCC(=O)Nc2nn[nH]n2)cc1. The van der Waals surface area contributed by atoms with Gasteiger partial charge in [0.25, 0.3) is 5.95 Å². The van der Waals surface area contributed by atoms with Gasteiger partial charge in [-0.25, -0.2) is 0 Å². The van der Waals surface area contributed by atoms with Crippen molar-refractivity contribution in [3.8, 4) is 0 Å². The summed E-state index contributed by atoms with van der Waals surface area (Å²) in [4.78, 5) is 23.3. The van der Waals surface area contributed by atoms with Gasteiger partial charge in [0, 0.05) is 18.4 Å². The number of nitrogens with one attached hydrogen (secondary N) is 2. The van der Waals surface area contributed by atoms with E-state index in [1.807, 2.05) is 19.1 Å². The average Bonchev–Trinajstić information content (AvgIpc) is 2.89. The Morgan fingerprint density at radius 3 is 2.58 bits per heavy atom. The molecule has 0 fully saturated rings. The second-order valence-electron chi connectivity index (χ2n) is 4.07. The number of aromatic nitrogens is 4. The molecule has 1 heterocycles. The third-order valence-corrected chi connectivity index (χ3v) is 2.55. The van der Waals surface area contributed by atoms with E-state index in [9.17, 15) is 9.59 Å². The molecule has 0 unspecified atom stereocenters. The van der Waals surface area contributed by atoms with E-state index in [2.05, 4.69) is 25.9 Å². The van der Waals surface area contributed by atoms with Gasteiger partial charge in [0.2, 0.25) is 5.91 Å². The summed E-state index contributed by atoms with van der Waals surface area (Å²) in [6.07, 6.45) is 0.230. The monoisotopic (exact) mass is 259 g/mol. The highest BCUT2D eigenvalue weighted by Crippen LogP contribution is 2.08. The maximum atomic E-state index is 11.8. The number of H-pyrrole nitrogens is 1. The molecule has 0 aliphatic rings. The zero-order chi connectivity index (χ0) is 13.7. The highest BCUT2D eigenvalue weighted by atomic mass is 16.2. The van der Waals surface area contributed by atoms with Crippen molar-refractivity contribution in [1.82, 2.24) is 20.6 Å². The van der Waals surface area contributed by atoms with Crippen LogP contribution in [0.25, 0.3) is 0 Å². The molecular formula is C12H13N5O2. The highest BCUT2D eigenvalue weighted by Gasteiger charge is 2.10. The lowest BCUT2D eigenvalue weighted by Crippen LogP contribution is -2.14. The number of tetrazole rings is 1. The molecule has 1 aromatic heterocycles. The molecule has 7 nitrogen and oxygen atoms in total. The number of aromatic amines is 1. The Kier molecular flexibility index (Phi) is 3.97. The predicted molar refractivity (Wildman–Crippen MR) is 67.6 cm³/mol. The van der Waals surface area contributed by atoms with Gasteiger partial charge in [0.15, 0.2) is 5.78 Å². The van der Waals surface area contributed by atoms with Gasteiger partial charge in [0.05, 0.1) is 0 Å². The molecule has 1 aromatic carbocycles. The minimum atomic E-state index is -0.318. The Morgan fingerprint density at radius 2 is 1.95 bits per heavy atom. The normalized spacial score (nSPS) is 10.2. The van der Waals surface area contributed by atoms with Crippen LogP contribution < -0.4 is 5.32 Å². The van der Waals surface area contributed by atoms with E-state index in [1.54, 1.807) is 12.1 Å². The first-order valence-electron chi connectivity index (χ1n) is 5.78. The number of benzene rings is 1. The van der Waals surface area contributed by atoms with Crippen molar-refractivity contribution < 1.29 is 9.59 Å². The fourth-order valence-corrected chi connectivity index (χ4v) is 1.51. The molecule has 2 N–H and O–H groups in total. The zero-order valence-electron chi connectivity index (χ0n) is 10.4. The molecule has 0 spiro atoms. The van der Waals surface area contributed by atoms with Crippen LogP contribution >= 0.6 is 0 Å². The van der Waals surface area contributed by atoms with Crippen molar-refractivity contribution in [2.75, 3.05) is 5.32 Å². The van der Waals surface area contributed by atoms with Crippen molar-refractivity contribution in [3.05, 3.63) is 35.4 Å². The van der Waals surface area contributed by atoms with Crippen LogP contribution in [-0.4, -0.2) is 32.3 Å². The van der Waals surface area contributed by atoms with E-state index in [-0.39, 0.29) is 30.5 Å². The zero-order valence-corrected chi connectivity index (χ0v) is 10.4. The molecule has 1 amide bonds. The van der Waals surface area contributed by atoms with Gasteiger partial charge in [-0.2, -0.15) is 5.21 Å². The summed E-state index contributed by atoms with van der Waals surface area (Å²) < 4.78 is 0. The molecule has 0 aliphatic carbocycles. The van der Waals surface area contributed by atoms with Crippen LogP contribution in [0.15, 0.2) is 24.3 Å². The predicted octanol–water partition coefficient (Wildman–Crippen LogP) is 1.11. The number of nitrogens with zero attached hydrogens (tertiary/aromatic N) is 3. The first-order valence-corrected chi connectivity index (χ1v) is 5.78. The van der Waals surface area contributed by atoms with Crippen LogP contribution in [0.1, 0.15) is 28.8 Å². The van der Waals surface area contributed by atoms with Crippen LogP contribution in [0.4, 0.5) is 5.95 Å². The van der Waals surface area contributed by atoms with E-state index in [4.69, 9.17) is 0 Å². The molecule has 0 aliphatic heterocycles. The number of hydrogen-bond donors (Lipinski definition) is 2. The van der Waals surface area contributed by atoms with Crippen molar-refractivity contribution >= 4 is 17.6 Å². The van der Waals surface area contributed by atoms with Gasteiger partial charge in [-0.1, -0.05) is 34.9 Å². The van der Waals surface area contributed by atoms with Crippen LogP contribution in [0, 0.1) is 6.92 Å². The summed E-state index contributed by atoms with van der Waals surface area (Å²) in [6, 6.07) is 7.25.